The Balaban J connectivity index is 2.01. The summed E-state index contributed by atoms with van der Waals surface area (Å²) < 4.78 is 8.41. The smallest absolute Gasteiger partial charge is 0.200 e. The van der Waals surface area contributed by atoms with E-state index in [1.807, 2.05) is 30.3 Å². The zero-order chi connectivity index (χ0) is 14.7. The zero-order valence-corrected chi connectivity index (χ0v) is 13.9. The Labute approximate surface area is 135 Å². The van der Waals surface area contributed by atoms with Gasteiger partial charge in [0, 0.05) is 0 Å². The highest BCUT2D eigenvalue weighted by Gasteiger charge is 2.17. The van der Waals surface area contributed by atoms with Crippen LogP contribution in [0, 0.1) is 0 Å². The second kappa shape index (κ2) is 6.49. The SMILES string of the molecule is CCSc1nnc(-c2ccc(Br)o2)n1Cc1ccccc1. The van der Waals surface area contributed by atoms with Crippen molar-refractivity contribution in [3.8, 4) is 11.6 Å². The van der Waals surface area contributed by atoms with E-state index in [0.29, 0.717) is 10.4 Å². The standard InChI is InChI=1S/C15H14BrN3OS/c1-2-21-15-18-17-14(12-8-9-13(16)20-12)19(15)10-11-6-4-3-5-7-11/h3-9H,2,10H2,1H3. The molecule has 2 aromatic heterocycles. The van der Waals surface area contributed by atoms with Crippen molar-refractivity contribution in [2.45, 2.75) is 18.6 Å². The molecule has 0 spiro atoms. The summed E-state index contributed by atoms with van der Waals surface area (Å²) in [5, 5.41) is 9.49. The largest absolute Gasteiger partial charge is 0.446 e. The molecule has 0 radical (unpaired) electrons. The lowest BCUT2D eigenvalue weighted by atomic mass is 10.2. The van der Waals surface area contributed by atoms with Gasteiger partial charge in [0.2, 0.25) is 5.82 Å². The molecule has 3 aromatic rings. The molecule has 0 aliphatic carbocycles. The highest BCUT2D eigenvalue weighted by Crippen LogP contribution is 2.27. The lowest BCUT2D eigenvalue weighted by Crippen LogP contribution is -2.03. The lowest BCUT2D eigenvalue weighted by molar-refractivity contribution is 0.545. The first-order chi connectivity index (χ1) is 10.3. The van der Waals surface area contributed by atoms with Crippen molar-refractivity contribution in [1.29, 1.82) is 0 Å². The van der Waals surface area contributed by atoms with Gasteiger partial charge in [-0.15, -0.1) is 10.2 Å². The highest BCUT2D eigenvalue weighted by atomic mass is 79.9. The van der Waals surface area contributed by atoms with E-state index >= 15 is 0 Å². The number of furan rings is 1. The van der Waals surface area contributed by atoms with Gasteiger partial charge in [-0.2, -0.15) is 0 Å². The van der Waals surface area contributed by atoms with Gasteiger partial charge in [0.05, 0.1) is 6.54 Å². The molecule has 1 aromatic carbocycles. The van der Waals surface area contributed by atoms with Crippen LogP contribution in [0.25, 0.3) is 11.6 Å². The molecule has 4 nitrogen and oxygen atoms in total. The van der Waals surface area contributed by atoms with Crippen molar-refractivity contribution in [2.24, 2.45) is 0 Å². The number of thioether (sulfide) groups is 1. The monoisotopic (exact) mass is 363 g/mol. The van der Waals surface area contributed by atoms with Gasteiger partial charge in [-0.3, -0.25) is 4.57 Å². The van der Waals surface area contributed by atoms with Crippen molar-refractivity contribution in [1.82, 2.24) is 14.8 Å². The summed E-state index contributed by atoms with van der Waals surface area (Å²) in [6.07, 6.45) is 0. The van der Waals surface area contributed by atoms with E-state index in [1.165, 1.54) is 5.56 Å². The van der Waals surface area contributed by atoms with Crippen LogP contribution < -0.4 is 0 Å². The molecule has 0 bridgehead atoms. The fraction of sp³-hybridized carbons (Fsp3) is 0.200. The molecule has 0 saturated heterocycles. The quantitative estimate of drug-likeness (QED) is 0.627. The maximum atomic E-state index is 5.62. The lowest BCUT2D eigenvalue weighted by Gasteiger charge is -2.08. The first kappa shape index (κ1) is 14.4. The summed E-state index contributed by atoms with van der Waals surface area (Å²) in [6, 6.07) is 14.1. The Hall–Kier alpha value is -1.53. The van der Waals surface area contributed by atoms with E-state index in [-0.39, 0.29) is 0 Å². The summed E-state index contributed by atoms with van der Waals surface area (Å²) in [4.78, 5) is 0. The first-order valence-electron chi connectivity index (χ1n) is 6.63. The van der Waals surface area contributed by atoms with Crippen molar-refractivity contribution in [3.05, 3.63) is 52.7 Å². The number of halogens is 1. The third kappa shape index (κ3) is 3.22. The van der Waals surface area contributed by atoms with Crippen LogP contribution in [0.3, 0.4) is 0 Å². The third-order valence-corrected chi connectivity index (χ3v) is 4.24. The summed E-state index contributed by atoms with van der Waals surface area (Å²) in [6.45, 7) is 2.83. The van der Waals surface area contributed by atoms with Gasteiger partial charge in [0.15, 0.2) is 15.6 Å². The molecule has 0 unspecified atom stereocenters. The number of hydrogen-bond acceptors (Lipinski definition) is 4. The zero-order valence-electron chi connectivity index (χ0n) is 11.5. The van der Waals surface area contributed by atoms with Crippen molar-refractivity contribution in [3.63, 3.8) is 0 Å². The van der Waals surface area contributed by atoms with E-state index in [1.54, 1.807) is 11.8 Å². The van der Waals surface area contributed by atoms with Gasteiger partial charge < -0.3 is 4.42 Å². The second-order valence-corrected chi connectivity index (χ2v) is 6.43. The summed E-state index contributed by atoms with van der Waals surface area (Å²) >= 11 is 5.01. The second-order valence-electron chi connectivity index (χ2n) is 4.41. The predicted octanol–water partition coefficient (Wildman–Crippen LogP) is 4.46. The molecule has 0 N–H and O–H groups in total. The Bertz CT molecular complexity index is 724. The van der Waals surface area contributed by atoms with Gasteiger partial charge in [0.1, 0.15) is 0 Å². The molecule has 6 heteroatoms. The third-order valence-electron chi connectivity index (χ3n) is 2.97. The van der Waals surface area contributed by atoms with Gasteiger partial charge in [-0.25, -0.2) is 0 Å². The minimum Gasteiger partial charge on any atom is -0.446 e. The van der Waals surface area contributed by atoms with E-state index in [9.17, 15) is 0 Å². The summed E-state index contributed by atoms with van der Waals surface area (Å²) in [7, 11) is 0. The Morgan fingerprint density at radius 3 is 2.62 bits per heavy atom. The maximum absolute atomic E-state index is 5.62. The maximum Gasteiger partial charge on any atom is 0.200 e. The van der Waals surface area contributed by atoms with Crippen LogP contribution in [0.1, 0.15) is 12.5 Å². The molecule has 0 aliphatic rings. The Morgan fingerprint density at radius 2 is 1.95 bits per heavy atom. The molecular formula is C15H14BrN3OS. The van der Waals surface area contributed by atoms with E-state index in [2.05, 4.69) is 49.8 Å². The normalized spacial score (nSPS) is 11.0. The molecule has 0 atom stereocenters. The highest BCUT2D eigenvalue weighted by molar-refractivity contribution is 9.10. The van der Waals surface area contributed by atoms with E-state index in [4.69, 9.17) is 4.42 Å². The van der Waals surface area contributed by atoms with Crippen LogP contribution in [0.4, 0.5) is 0 Å². The number of rotatable bonds is 5. The predicted molar refractivity (Wildman–Crippen MR) is 87.4 cm³/mol. The first-order valence-corrected chi connectivity index (χ1v) is 8.41. The van der Waals surface area contributed by atoms with Crippen LogP contribution in [0.15, 0.2) is 56.7 Å². The van der Waals surface area contributed by atoms with Crippen molar-refractivity contribution < 1.29 is 4.42 Å². The fourth-order valence-electron chi connectivity index (χ4n) is 2.05. The Kier molecular flexibility index (Phi) is 4.45. The van der Waals surface area contributed by atoms with Crippen LogP contribution in [0.2, 0.25) is 0 Å². The molecule has 3 rings (SSSR count). The van der Waals surface area contributed by atoms with Crippen molar-refractivity contribution >= 4 is 27.7 Å². The molecule has 21 heavy (non-hydrogen) atoms. The summed E-state index contributed by atoms with van der Waals surface area (Å²) in [5.41, 5.74) is 1.21. The van der Waals surface area contributed by atoms with E-state index in [0.717, 1.165) is 23.3 Å². The molecule has 0 aliphatic heterocycles. The molecule has 0 saturated carbocycles. The minimum absolute atomic E-state index is 0.691. The molecular weight excluding hydrogens is 350 g/mol. The summed E-state index contributed by atoms with van der Waals surface area (Å²) in [5.74, 6) is 2.42. The van der Waals surface area contributed by atoms with Gasteiger partial charge in [-0.1, -0.05) is 49.0 Å². The van der Waals surface area contributed by atoms with Crippen molar-refractivity contribution in [2.75, 3.05) is 5.75 Å². The average molecular weight is 364 g/mol. The van der Waals surface area contributed by atoms with Crippen LogP contribution in [-0.2, 0) is 6.54 Å². The number of nitrogens with zero attached hydrogens (tertiary/aromatic N) is 3. The number of benzene rings is 1. The van der Waals surface area contributed by atoms with Gasteiger partial charge in [0.25, 0.3) is 0 Å². The molecule has 0 amide bonds. The van der Waals surface area contributed by atoms with Crippen LogP contribution in [-0.4, -0.2) is 20.5 Å². The van der Waals surface area contributed by atoms with E-state index < -0.39 is 0 Å². The molecule has 108 valence electrons. The average Bonchev–Trinajstić information content (AvgIpc) is 3.08. The number of hydrogen-bond donors (Lipinski definition) is 0. The molecule has 2 heterocycles. The number of aromatic nitrogens is 3. The topological polar surface area (TPSA) is 43.9 Å². The molecule has 0 fully saturated rings. The van der Waals surface area contributed by atoms with Gasteiger partial charge >= 0.3 is 0 Å². The van der Waals surface area contributed by atoms with Crippen LogP contribution >= 0.6 is 27.7 Å². The Morgan fingerprint density at radius 1 is 1.14 bits per heavy atom. The van der Waals surface area contributed by atoms with Gasteiger partial charge in [-0.05, 0) is 39.4 Å². The minimum atomic E-state index is 0.691. The van der Waals surface area contributed by atoms with Crippen LogP contribution in [0.5, 0.6) is 0 Å². The fourth-order valence-corrected chi connectivity index (χ4v) is 3.02.